The van der Waals surface area contributed by atoms with E-state index in [1.807, 2.05) is 13.0 Å². The van der Waals surface area contributed by atoms with Gasteiger partial charge in [-0.1, -0.05) is 43.3 Å². The standard InChI is InChI=1S/C25H26N6O5/c1-3-14-30-24(34)18-13-9-8-12-17(18)21(29-30)23(33)27-26-22(32)20-15-19(25(35)36-4-2)28-31(20)16-10-6-5-7-11-16/h5-13,20H,3-4,14-15H2,1-2H3,(H,26,32)(H,27,33). The molecule has 0 radical (unpaired) electrons. The molecule has 2 heterocycles. The van der Waals surface area contributed by atoms with Gasteiger partial charge >= 0.3 is 5.97 Å². The molecular formula is C25H26N6O5. The molecule has 1 aliphatic heterocycles. The van der Waals surface area contributed by atoms with Gasteiger partial charge in [0.25, 0.3) is 17.4 Å². The molecule has 1 atom stereocenters. The van der Waals surface area contributed by atoms with Crippen molar-refractivity contribution in [2.75, 3.05) is 11.6 Å². The molecule has 1 unspecified atom stereocenters. The molecular weight excluding hydrogens is 464 g/mol. The van der Waals surface area contributed by atoms with Crippen LogP contribution in [0.15, 0.2) is 64.5 Å². The lowest BCUT2D eigenvalue weighted by molar-refractivity contribution is -0.135. The number of carbonyl (C=O) groups excluding carboxylic acids is 3. The van der Waals surface area contributed by atoms with Gasteiger partial charge in [-0.15, -0.1) is 0 Å². The van der Waals surface area contributed by atoms with Crippen LogP contribution in [0.4, 0.5) is 5.69 Å². The van der Waals surface area contributed by atoms with Gasteiger partial charge in [-0.3, -0.25) is 30.2 Å². The molecule has 11 heteroatoms. The second-order valence-electron chi connectivity index (χ2n) is 8.03. The highest BCUT2D eigenvalue weighted by Gasteiger charge is 2.37. The number of hydrogen-bond donors (Lipinski definition) is 2. The molecule has 0 spiro atoms. The smallest absolute Gasteiger partial charge is 0.354 e. The van der Waals surface area contributed by atoms with Crippen LogP contribution in [0.25, 0.3) is 10.8 Å². The zero-order valence-electron chi connectivity index (χ0n) is 19.9. The van der Waals surface area contributed by atoms with Gasteiger partial charge < -0.3 is 4.74 Å². The number of ether oxygens (including phenoxy) is 1. The van der Waals surface area contributed by atoms with E-state index in [1.165, 1.54) is 9.69 Å². The van der Waals surface area contributed by atoms with Crippen molar-refractivity contribution in [2.45, 2.75) is 39.3 Å². The van der Waals surface area contributed by atoms with E-state index in [2.05, 4.69) is 21.1 Å². The van der Waals surface area contributed by atoms with Crippen molar-refractivity contribution in [3.63, 3.8) is 0 Å². The highest BCUT2D eigenvalue weighted by molar-refractivity contribution is 6.38. The third-order valence-corrected chi connectivity index (χ3v) is 5.56. The van der Waals surface area contributed by atoms with Gasteiger partial charge in [-0.2, -0.15) is 10.2 Å². The quantitative estimate of drug-likeness (QED) is 0.381. The number of nitrogens with one attached hydrogen (secondary N) is 2. The van der Waals surface area contributed by atoms with Crippen molar-refractivity contribution < 1.29 is 19.1 Å². The highest BCUT2D eigenvalue weighted by Crippen LogP contribution is 2.25. The molecule has 0 aliphatic carbocycles. The van der Waals surface area contributed by atoms with Gasteiger partial charge in [-0.05, 0) is 31.5 Å². The Morgan fingerprint density at radius 3 is 2.39 bits per heavy atom. The summed E-state index contributed by atoms with van der Waals surface area (Å²) in [6.45, 7) is 4.11. The lowest BCUT2D eigenvalue weighted by Gasteiger charge is -2.22. The van der Waals surface area contributed by atoms with Crippen LogP contribution in [-0.2, 0) is 20.9 Å². The van der Waals surface area contributed by atoms with Crippen LogP contribution in [0, 0.1) is 0 Å². The summed E-state index contributed by atoms with van der Waals surface area (Å²) in [7, 11) is 0. The summed E-state index contributed by atoms with van der Waals surface area (Å²) in [5.41, 5.74) is 5.22. The van der Waals surface area contributed by atoms with Crippen LogP contribution in [0.3, 0.4) is 0 Å². The molecule has 2 N–H and O–H groups in total. The van der Waals surface area contributed by atoms with E-state index >= 15 is 0 Å². The Morgan fingerprint density at radius 1 is 1.00 bits per heavy atom. The molecule has 1 aromatic heterocycles. The summed E-state index contributed by atoms with van der Waals surface area (Å²) in [6.07, 6.45) is 0.654. The predicted molar refractivity (Wildman–Crippen MR) is 133 cm³/mol. The number of aromatic nitrogens is 2. The fraction of sp³-hybridized carbons (Fsp3) is 0.280. The number of anilines is 1. The summed E-state index contributed by atoms with van der Waals surface area (Å²) in [6, 6.07) is 14.7. The Hall–Kier alpha value is -4.54. The van der Waals surface area contributed by atoms with E-state index in [0.717, 1.165) is 0 Å². The van der Waals surface area contributed by atoms with Gasteiger partial charge in [0, 0.05) is 18.4 Å². The van der Waals surface area contributed by atoms with E-state index in [4.69, 9.17) is 4.74 Å². The van der Waals surface area contributed by atoms with Crippen LogP contribution in [-0.4, -0.2) is 45.9 Å². The summed E-state index contributed by atoms with van der Waals surface area (Å²) in [5, 5.41) is 10.7. The number of carbonyl (C=O) groups is 3. The normalized spacial score (nSPS) is 14.9. The molecule has 1 aliphatic rings. The minimum atomic E-state index is -0.897. The second-order valence-corrected chi connectivity index (χ2v) is 8.03. The van der Waals surface area contributed by atoms with E-state index in [1.54, 1.807) is 55.5 Å². The maximum atomic E-state index is 13.1. The molecule has 36 heavy (non-hydrogen) atoms. The number of hydrazine groups is 1. The van der Waals surface area contributed by atoms with Gasteiger partial charge in [-0.25, -0.2) is 9.48 Å². The lowest BCUT2D eigenvalue weighted by Crippen LogP contribution is -2.50. The largest absolute Gasteiger partial charge is 0.461 e. The van der Waals surface area contributed by atoms with Crippen molar-refractivity contribution in [3.05, 3.63) is 70.6 Å². The van der Waals surface area contributed by atoms with Gasteiger partial charge in [0.15, 0.2) is 5.69 Å². The fourth-order valence-corrected chi connectivity index (χ4v) is 3.90. The monoisotopic (exact) mass is 490 g/mol. The van der Waals surface area contributed by atoms with Crippen molar-refractivity contribution in [2.24, 2.45) is 5.10 Å². The highest BCUT2D eigenvalue weighted by atomic mass is 16.5. The minimum absolute atomic E-state index is 0.00199. The third-order valence-electron chi connectivity index (χ3n) is 5.56. The first-order chi connectivity index (χ1) is 17.4. The maximum Gasteiger partial charge on any atom is 0.354 e. The molecule has 2 amide bonds. The lowest BCUT2D eigenvalue weighted by atomic mass is 10.1. The number of esters is 1. The summed E-state index contributed by atoms with van der Waals surface area (Å²) in [4.78, 5) is 51.1. The number of fused-ring (bicyclic) bond motifs is 1. The zero-order valence-corrected chi connectivity index (χ0v) is 19.9. The average Bonchev–Trinajstić information content (AvgIpc) is 3.35. The second kappa shape index (κ2) is 10.8. The molecule has 186 valence electrons. The first kappa shape index (κ1) is 24.6. The first-order valence-corrected chi connectivity index (χ1v) is 11.6. The maximum absolute atomic E-state index is 13.1. The van der Waals surface area contributed by atoms with Gasteiger partial charge in [0.05, 0.1) is 17.7 Å². The number of hydrazone groups is 1. The Morgan fingerprint density at radius 2 is 1.69 bits per heavy atom. The minimum Gasteiger partial charge on any atom is -0.461 e. The Bertz CT molecular complexity index is 1380. The average molecular weight is 491 g/mol. The Kier molecular flexibility index (Phi) is 7.38. The number of rotatable bonds is 7. The number of amides is 2. The van der Waals surface area contributed by atoms with E-state index in [0.29, 0.717) is 29.4 Å². The van der Waals surface area contributed by atoms with Crippen LogP contribution < -0.4 is 21.4 Å². The van der Waals surface area contributed by atoms with E-state index in [-0.39, 0.29) is 30.0 Å². The molecule has 4 rings (SSSR count). The van der Waals surface area contributed by atoms with Crippen LogP contribution in [0.2, 0.25) is 0 Å². The number of aryl methyl sites for hydroxylation is 1. The topological polar surface area (TPSA) is 135 Å². The van der Waals surface area contributed by atoms with Crippen LogP contribution >= 0.6 is 0 Å². The number of para-hydroxylation sites is 1. The third kappa shape index (κ3) is 4.95. The van der Waals surface area contributed by atoms with Crippen molar-refractivity contribution >= 4 is 40.0 Å². The number of hydrogen-bond acceptors (Lipinski definition) is 8. The summed E-state index contributed by atoms with van der Waals surface area (Å²) >= 11 is 0. The fourth-order valence-electron chi connectivity index (χ4n) is 3.90. The predicted octanol–water partition coefficient (Wildman–Crippen LogP) is 1.77. The first-order valence-electron chi connectivity index (χ1n) is 11.6. The molecule has 3 aromatic rings. The SMILES string of the molecule is CCCn1nc(C(=O)NNC(=O)C2CC(C(=O)OCC)=NN2c2ccccc2)c2ccccc2c1=O. The molecule has 0 saturated heterocycles. The van der Waals surface area contributed by atoms with E-state index < -0.39 is 23.8 Å². The molecule has 11 nitrogen and oxygen atoms in total. The summed E-state index contributed by atoms with van der Waals surface area (Å²) in [5.74, 6) is -1.87. The Labute approximate surface area is 206 Å². The molecule has 0 fully saturated rings. The summed E-state index contributed by atoms with van der Waals surface area (Å²) < 4.78 is 6.28. The van der Waals surface area contributed by atoms with Crippen molar-refractivity contribution in [1.29, 1.82) is 0 Å². The van der Waals surface area contributed by atoms with Crippen LogP contribution in [0.1, 0.15) is 37.2 Å². The zero-order chi connectivity index (χ0) is 25.7. The van der Waals surface area contributed by atoms with Crippen molar-refractivity contribution in [3.8, 4) is 0 Å². The van der Waals surface area contributed by atoms with Crippen LogP contribution in [0.5, 0.6) is 0 Å². The van der Waals surface area contributed by atoms with Gasteiger partial charge in [0.1, 0.15) is 11.8 Å². The molecule has 2 aromatic carbocycles. The van der Waals surface area contributed by atoms with Gasteiger partial charge in [0.2, 0.25) is 0 Å². The Balaban J connectivity index is 1.55. The number of benzene rings is 2. The van der Waals surface area contributed by atoms with Crippen molar-refractivity contribution in [1.82, 2.24) is 20.6 Å². The number of nitrogens with zero attached hydrogens (tertiary/aromatic N) is 4. The molecule has 0 saturated carbocycles. The van der Waals surface area contributed by atoms with E-state index in [9.17, 15) is 19.2 Å². The molecule has 0 bridgehead atoms.